The topological polar surface area (TPSA) is 46.9 Å². The molecule has 0 saturated carbocycles. The summed E-state index contributed by atoms with van der Waals surface area (Å²) in [6, 6.07) is 17.9. The van der Waals surface area contributed by atoms with Crippen molar-refractivity contribution in [2.75, 3.05) is 5.32 Å². The average molecular weight is 442 g/mol. The van der Waals surface area contributed by atoms with Gasteiger partial charge in [-0.05, 0) is 0 Å². The van der Waals surface area contributed by atoms with Crippen molar-refractivity contribution in [2.45, 2.75) is 0 Å². The van der Waals surface area contributed by atoms with Crippen molar-refractivity contribution in [3.8, 4) is 21.4 Å². The first-order valence-electron chi connectivity index (χ1n) is 8.48. The van der Waals surface area contributed by atoms with Gasteiger partial charge in [0, 0.05) is 0 Å². The molecule has 0 aliphatic rings. The second-order valence-corrected chi connectivity index (χ2v) is 8.39. The second-order valence-electron chi connectivity index (χ2n) is 6.12. The number of carbonyl (C=O) groups is 1. The third-order valence-corrected chi connectivity index (χ3v) is 6.56. The van der Waals surface area contributed by atoms with E-state index < -0.39 is 5.82 Å². The molecule has 0 radical (unpaired) electrons. The van der Waals surface area contributed by atoms with Crippen LogP contribution in [0.2, 0.25) is 0 Å². The number of halogens is 2. The monoisotopic (exact) mass is 443 g/mol. The van der Waals surface area contributed by atoms with Gasteiger partial charge < -0.3 is 0 Å². The molecule has 4 nitrogen and oxygen atoms in total. The van der Waals surface area contributed by atoms with Gasteiger partial charge in [-0.2, -0.15) is 0 Å². The standard InChI is InChI=1S/C21H15F2N3OSe/c1-26-18(12-17(25-26)13-6-2-3-7-14(13)22)19-10-11-20(28-19)21(27)24-16-9-5-4-8-15(16)23/h2-12H,1H3,(H,24,27). The summed E-state index contributed by atoms with van der Waals surface area (Å²) in [6.45, 7) is 0. The van der Waals surface area contributed by atoms with Crippen LogP contribution in [-0.2, 0) is 7.05 Å². The van der Waals surface area contributed by atoms with E-state index in [9.17, 15) is 13.6 Å². The molecular weight excluding hydrogens is 427 g/mol. The molecule has 0 atom stereocenters. The van der Waals surface area contributed by atoms with Crippen molar-refractivity contribution in [1.29, 1.82) is 0 Å². The molecule has 1 N–H and O–H groups in total. The Kier molecular flexibility index (Phi) is 4.94. The van der Waals surface area contributed by atoms with E-state index in [-0.39, 0.29) is 31.9 Å². The maximum atomic E-state index is 14.0. The Hall–Kier alpha value is -3.02. The Morgan fingerprint density at radius 2 is 1.71 bits per heavy atom. The van der Waals surface area contributed by atoms with Gasteiger partial charge in [-0.3, -0.25) is 0 Å². The van der Waals surface area contributed by atoms with Gasteiger partial charge in [0.15, 0.2) is 0 Å². The summed E-state index contributed by atoms with van der Waals surface area (Å²) in [5.41, 5.74) is 1.95. The number of para-hydroxylation sites is 1. The fourth-order valence-corrected chi connectivity index (χ4v) is 4.83. The van der Waals surface area contributed by atoms with Gasteiger partial charge in [0.1, 0.15) is 0 Å². The van der Waals surface area contributed by atoms with Gasteiger partial charge in [0.05, 0.1) is 0 Å². The Morgan fingerprint density at radius 1 is 1.00 bits per heavy atom. The zero-order chi connectivity index (χ0) is 19.7. The number of rotatable bonds is 4. The van der Waals surface area contributed by atoms with E-state index in [0.29, 0.717) is 15.7 Å². The number of benzene rings is 2. The molecule has 2 aromatic heterocycles. The fraction of sp³-hybridized carbons (Fsp3) is 0.0476. The molecule has 1 amide bonds. The van der Waals surface area contributed by atoms with Crippen LogP contribution in [0.25, 0.3) is 21.4 Å². The molecule has 28 heavy (non-hydrogen) atoms. The number of amides is 1. The van der Waals surface area contributed by atoms with Crippen LogP contribution >= 0.6 is 0 Å². The van der Waals surface area contributed by atoms with Gasteiger partial charge in [-0.1, -0.05) is 0 Å². The molecule has 0 aliphatic heterocycles. The van der Waals surface area contributed by atoms with E-state index in [1.54, 1.807) is 48.1 Å². The normalized spacial score (nSPS) is 10.8. The molecular formula is C21H15F2N3OSe. The summed E-state index contributed by atoms with van der Waals surface area (Å²) in [5, 5.41) is 7.01. The van der Waals surface area contributed by atoms with Crippen molar-refractivity contribution in [1.82, 2.24) is 9.78 Å². The zero-order valence-electron chi connectivity index (χ0n) is 14.8. The van der Waals surface area contributed by atoms with E-state index >= 15 is 0 Å². The third kappa shape index (κ3) is 3.54. The predicted octanol–water partition coefficient (Wildman–Crippen LogP) is 4.34. The Balaban J connectivity index is 1.60. The van der Waals surface area contributed by atoms with Crippen LogP contribution in [0.4, 0.5) is 14.5 Å². The number of hydrogen-bond donors (Lipinski definition) is 1. The van der Waals surface area contributed by atoms with Crippen LogP contribution in [0.5, 0.6) is 0 Å². The maximum absolute atomic E-state index is 14.0. The predicted molar refractivity (Wildman–Crippen MR) is 105 cm³/mol. The van der Waals surface area contributed by atoms with Crippen molar-refractivity contribution in [3.63, 3.8) is 0 Å². The molecule has 0 saturated heterocycles. The molecule has 0 unspecified atom stereocenters. The minimum absolute atomic E-state index is 0.153. The van der Waals surface area contributed by atoms with Crippen molar-refractivity contribution in [2.24, 2.45) is 7.05 Å². The SMILES string of the molecule is Cn1nc(-c2ccccc2F)cc1-c1ccc(C(=O)Nc2ccccc2F)[se]1. The molecule has 0 spiro atoms. The van der Waals surface area contributed by atoms with Crippen molar-refractivity contribution >= 4 is 26.1 Å². The number of carbonyl (C=O) groups excluding carboxylic acids is 1. The van der Waals surface area contributed by atoms with E-state index in [1.165, 1.54) is 18.2 Å². The van der Waals surface area contributed by atoms with Gasteiger partial charge in [0.2, 0.25) is 0 Å². The van der Waals surface area contributed by atoms with Gasteiger partial charge in [-0.15, -0.1) is 0 Å². The van der Waals surface area contributed by atoms with Crippen molar-refractivity contribution < 1.29 is 13.6 Å². The Bertz CT molecular complexity index is 1170. The Labute approximate surface area is 166 Å². The summed E-state index contributed by atoms with van der Waals surface area (Å²) >= 11 is -0.268. The van der Waals surface area contributed by atoms with Crippen LogP contribution in [0.1, 0.15) is 9.23 Å². The second kappa shape index (κ2) is 7.54. The molecule has 4 rings (SSSR count). The van der Waals surface area contributed by atoms with E-state index in [1.807, 2.05) is 12.1 Å². The van der Waals surface area contributed by atoms with Crippen LogP contribution < -0.4 is 5.32 Å². The molecule has 2 aromatic carbocycles. The fourth-order valence-electron chi connectivity index (χ4n) is 2.84. The molecule has 2 heterocycles. The van der Waals surface area contributed by atoms with Crippen molar-refractivity contribution in [3.05, 3.63) is 82.8 Å². The summed E-state index contributed by atoms with van der Waals surface area (Å²) in [6.07, 6.45) is 0. The molecule has 0 bridgehead atoms. The molecule has 0 fully saturated rings. The van der Waals surface area contributed by atoms with Crippen LogP contribution in [-0.4, -0.2) is 30.2 Å². The minimum atomic E-state index is -0.476. The van der Waals surface area contributed by atoms with Crippen LogP contribution in [0.3, 0.4) is 0 Å². The van der Waals surface area contributed by atoms with Gasteiger partial charge in [-0.25, -0.2) is 0 Å². The Morgan fingerprint density at radius 3 is 2.46 bits per heavy atom. The number of aryl methyl sites for hydroxylation is 1. The molecule has 4 aromatic rings. The first kappa shape index (κ1) is 18.3. The number of nitrogens with one attached hydrogen (secondary N) is 1. The average Bonchev–Trinajstić information content (AvgIpc) is 3.31. The molecule has 0 aliphatic carbocycles. The summed E-state index contributed by atoms with van der Waals surface area (Å²) in [5.74, 6) is -1.13. The van der Waals surface area contributed by atoms with Crippen LogP contribution in [0, 0.1) is 11.6 Å². The number of aromatic nitrogens is 2. The number of hydrogen-bond acceptors (Lipinski definition) is 2. The number of anilines is 1. The first-order valence-corrected chi connectivity index (χ1v) is 10.2. The van der Waals surface area contributed by atoms with Gasteiger partial charge >= 0.3 is 166 Å². The third-order valence-electron chi connectivity index (χ3n) is 4.23. The summed E-state index contributed by atoms with van der Waals surface area (Å²) in [7, 11) is 1.79. The number of nitrogens with zero attached hydrogens (tertiary/aromatic N) is 2. The molecule has 140 valence electrons. The first-order chi connectivity index (χ1) is 13.5. The summed E-state index contributed by atoms with van der Waals surface area (Å²) in [4.78, 5) is 12.5. The summed E-state index contributed by atoms with van der Waals surface area (Å²) < 4.78 is 31.0. The van der Waals surface area contributed by atoms with Crippen LogP contribution in [0.15, 0.2) is 66.7 Å². The quantitative estimate of drug-likeness (QED) is 0.478. The van der Waals surface area contributed by atoms with E-state index in [0.717, 1.165) is 10.1 Å². The zero-order valence-corrected chi connectivity index (χ0v) is 16.5. The molecule has 7 heteroatoms. The van der Waals surface area contributed by atoms with E-state index in [2.05, 4.69) is 10.4 Å². The van der Waals surface area contributed by atoms with Gasteiger partial charge in [0.25, 0.3) is 0 Å². The van der Waals surface area contributed by atoms with E-state index in [4.69, 9.17) is 0 Å².